The number of hydrogen-bond donors (Lipinski definition) is 2. The third kappa shape index (κ3) is 3.65. The zero-order valence-corrected chi connectivity index (χ0v) is 16.8. The molecule has 4 unspecified atom stereocenters. The number of thiophene rings is 1. The van der Waals surface area contributed by atoms with E-state index in [0.29, 0.717) is 17.2 Å². The summed E-state index contributed by atoms with van der Waals surface area (Å²) in [6, 6.07) is 16.8. The van der Waals surface area contributed by atoms with Gasteiger partial charge in [0.1, 0.15) is 12.2 Å². The Morgan fingerprint density at radius 2 is 1.80 bits per heavy atom. The molecule has 3 aromatic rings. The number of benzene rings is 2. The average molecular weight is 424 g/mol. The molecule has 2 amide bonds. The second-order valence-corrected chi connectivity index (χ2v) is 8.20. The molecule has 0 radical (unpaired) electrons. The van der Waals surface area contributed by atoms with Crippen LogP contribution in [0.15, 0.2) is 60.0 Å². The zero-order valence-electron chi connectivity index (χ0n) is 15.9. The number of carbonyl (C=O) groups excluding carboxylic acids is 2. The van der Waals surface area contributed by atoms with Gasteiger partial charge in [-0.05, 0) is 22.9 Å². The molecule has 3 heterocycles. The van der Waals surface area contributed by atoms with E-state index in [1.165, 1.54) is 11.3 Å². The summed E-state index contributed by atoms with van der Waals surface area (Å²) in [7, 11) is 0. The van der Waals surface area contributed by atoms with Crippen LogP contribution in [0, 0.1) is 0 Å². The van der Waals surface area contributed by atoms with Crippen molar-refractivity contribution >= 4 is 39.8 Å². The van der Waals surface area contributed by atoms with Gasteiger partial charge in [0.05, 0.1) is 29.8 Å². The van der Waals surface area contributed by atoms with Crippen LogP contribution < -0.4 is 10.6 Å². The molecule has 2 saturated heterocycles. The Kier molecular flexibility index (Phi) is 5.12. The van der Waals surface area contributed by atoms with E-state index in [0.717, 1.165) is 10.8 Å². The summed E-state index contributed by atoms with van der Waals surface area (Å²) < 4.78 is 17.2. The van der Waals surface area contributed by atoms with Crippen molar-refractivity contribution < 1.29 is 23.8 Å². The molecule has 0 bridgehead atoms. The van der Waals surface area contributed by atoms with Crippen molar-refractivity contribution in [1.82, 2.24) is 5.32 Å². The van der Waals surface area contributed by atoms with Crippen LogP contribution in [-0.4, -0.2) is 49.6 Å². The number of nitrogens with one attached hydrogen (secondary N) is 2. The Bertz CT molecular complexity index is 1070. The Labute approximate surface area is 176 Å². The molecule has 0 aliphatic carbocycles. The fourth-order valence-corrected chi connectivity index (χ4v) is 4.57. The van der Waals surface area contributed by atoms with Crippen LogP contribution in [0.25, 0.3) is 10.8 Å². The Hall–Kier alpha value is -2.94. The number of anilines is 1. The Morgan fingerprint density at radius 1 is 0.967 bits per heavy atom. The van der Waals surface area contributed by atoms with Crippen molar-refractivity contribution in [2.45, 2.75) is 24.4 Å². The predicted octanol–water partition coefficient (Wildman–Crippen LogP) is 3.41. The van der Waals surface area contributed by atoms with Gasteiger partial charge in [0.15, 0.2) is 6.10 Å². The molecule has 0 saturated carbocycles. The minimum atomic E-state index is -0.560. The molecular weight excluding hydrogens is 404 g/mol. The van der Waals surface area contributed by atoms with Crippen LogP contribution in [0.3, 0.4) is 0 Å². The first-order valence-corrected chi connectivity index (χ1v) is 10.6. The first-order valence-electron chi connectivity index (χ1n) is 9.72. The van der Waals surface area contributed by atoms with E-state index in [9.17, 15) is 9.59 Å². The normalized spacial score (nSPS) is 25.1. The van der Waals surface area contributed by atoms with E-state index in [1.54, 1.807) is 6.07 Å². The minimum absolute atomic E-state index is 0.152. The van der Waals surface area contributed by atoms with Crippen molar-refractivity contribution in [2.24, 2.45) is 0 Å². The largest absolute Gasteiger partial charge is 0.441 e. The molecule has 7 nitrogen and oxygen atoms in total. The maximum Gasteiger partial charge on any atom is 0.412 e. The smallest absolute Gasteiger partial charge is 0.412 e. The molecule has 2 aliphatic rings. The van der Waals surface area contributed by atoms with Gasteiger partial charge in [-0.2, -0.15) is 0 Å². The van der Waals surface area contributed by atoms with Crippen LogP contribution in [0.2, 0.25) is 0 Å². The Balaban J connectivity index is 1.21. The van der Waals surface area contributed by atoms with Gasteiger partial charge in [0.25, 0.3) is 5.91 Å². The Morgan fingerprint density at radius 3 is 2.67 bits per heavy atom. The molecule has 30 heavy (non-hydrogen) atoms. The number of fused-ring (bicyclic) bond motifs is 2. The molecule has 8 heteroatoms. The van der Waals surface area contributed by atoms with Crippen molar-refractivity contribution in [1.29, 1.82) is 0 Å². The van der Waals surface area contributed by atoms with Crippen LogP contribution in [0.4, 0.5) is 10.5 Å². The number of amides is 2. The maximum atomic E-state index is 12.5. The van der Waals surface area contributed by atoms with E-state index in [1.807, 2.05) is 53.9 Å². The lowest BCUT2D eigenvalue weighted by molar-refractivity contribution is 0.00863. The summed E-state index contributed by atoms with van der Waals surface area (Å²) in [6.45, 7) is 0.543. The first-order chi connectivity index (χ1) is 14.7. The first kappa shape index (κ1) is 19.0. The molecule has 2 aromatic carbocycles. The summed E-state index contributed by atoms with van der Waals surface area (Å²) in [5.74, 6) is -0.152. The van der Waals surface area contributed by atoms with Crippen LogP contribution in [0.5, 0.6) is 0 Å². The number of carbonyl (C=O) groups is 2. The summed E-state index contributed by atoms with van der Waals surface area (Å²) >= 11 is 1.38. The molecule has 2 aliphatic heterocycles. The number of ether oxygens (including phenoxy) is 3. The van der Waals surface area contributed by atoms with Gasteiger partial charge >= 0.3 is 6.09 Å². The third-order valence-corrected chi connectivity index (χ3v) is 6.22. The van der Waals surface area contributed by atoms with E-state index in [2.05, 4.69) is 10.6 Å². The molecular formula is C22H20N2O5S. The lowest BCUT2D eigenvalue weighted by Crippen LogP contribution is -2.44. The molecule has 154 valence electrons. The molecule has 4 atom stereocenters. The molecule has 5 rings (SSSR count). The molecule has 2 fully saturated rings. The summed E-state index contributed by atoms with van der Waals surface area (Å²) in [5, 5.41) is 9.59. The highest BCUT2D eigenvalue weighted by Gasteiger charge is 2.50. The highest BCUT2D eigenvalue weighted by Crippen LogP contribution is 2.30. The minimum Gasteiger partial charge on any atom is -0.441 e. The molecule has 0 spiro atoms. The SMILES string of the molecule is O=C(Nc1cccc2ccccc12)OC1COC2C(NC(=O)c3cccs3)COC12. The van der Waals surface area contributed by atoms with Crippen molar-refractivity contribution in [3.63, 3.8) is 0 Å². The molecule has 2 N–H and O–H groups in total. The van der Waals surface area contributed by atoms with Crippen molar-refractivity contribution in [3.8, 4) is 0 Å². The lowest BCUT2D eigenvalue weighted by atomic mass is 10.1. The second kappa shape index (κ2) is 8.06. The van der Waals surface area contributed by atoms with Crippen molar-refractivity contribution in [3.05, 3.63) is 64.9 Å². The highest BCUT2D eigenvalue weighted by atomic mass is 32.1. The maximum absolute atomic E-state index is 12.5. The summed E-state index contributed by atoms with van der Waals surface area (Å²) in [4.78, 5) is 25.5. The lowest BCUT2D eigenvalue weighted by Gasteiger charge is -2.18. The van der Waals surface area contributed by atoms with Gasteiger partial charge in [-0.15, -0.1) is 11.3 Å². The highest BCUT2D eigenvalue weighted by molar-refractivity contribution is 7.12. The van der Waals surface area contributed by atoms with Crippen molar-refractivity contribution in [2.75, 3.05) is 18.5 Å². The van der Waals surface area contributed by atoms with Gasteiger partial charge < -0.3 is 19.5 Å². The van der Waals surface area contributed by atoms with E-state index < -0.39 is 18.3 Å². The number of hydrogen-bond acceptors (Lipinski definition) is 6. The van der Waals surface area contributed by atoms with Crippen LogP contribution in [0.1, 0.15) is 9.67 Å². The average Bonchev–Trinajstić information content (AvgIpc) is 3.49. The van der Waals surface area contributed by atoms with Gasteiger partial charge in [-0.1, -0.05) is 42.5 Å². The topological polar surface area (TPSA) is 85.9 Å². The van der Waals surface area contributed by atoms with E-state index in [4.69, 9.17) is 14.2 Å². The summed E-state index contributed by atoms with van der Waals surface area (Å²) in [5.41, 5.74) is 0.682. The van der Waals surface area contributed by atoms with Gasteiger partial charge in [-0.25, -0.2) is 4.79 Å². The quantitative estimate of drug-likeness (QED) is 0.670. The van der Waals surface area contributed by atoms with E-state index in [-0.39, 0.29) is 24.7 Å². The fourth-order valence-electron chi connectivity index (χ4n) is 3.95. The van der Waals surface area contributed by atoms with Crippen LogP contribution >= 0.6 is 11.3 Å². The monoisotopic (exact) mass is 424 g/mol. The second-order valence-electron chi connectivity index (χ2n) is 7.25. The van der Waals surface area contributed by atoms with Gasteiger partial charge in [-0.3, -0.25) is 10.1 Å². The summed E-state index contributed by atoms with van der Waals surface area (Å²) in [6.07, 6.45) is -1.84. The third-order valence-electron chi connectivity index (χ3n) is 5.35. The molecule has 1 aromatic heterocycles. The van der Waals surface area contributed by atoms with E-state index >= 15 is 0 Å². The fraction of sp³-hybridized carbons (Fsp3) is 0.273. The predicted molar refractivity (Wildman–Crippen MR) is 113 cm³/mol. The van der Waals surface area contributed by atoms with Crippen LogP contribution in [-0.2, 0) is 14.2 Å². The standard InChI is InChI=1S/C22H20N2O5S/c25-21(18-9-4-10-30-18)23-16-11-27-20-17(12-28-19(16)20)29-22(26)24-15-8-3-6-13-5-1-2-7-14(13)15/h1-10,16-17,19-20H,11-12H2,(H,23,25)(H,24,26). The zero-order chi connectivity index (χ0) is 20.5. The number of rotatable bonds is 4. The van der Waals surface area contributed by atoms with Gasteiger partial charge in [0.2, 0.25) is 0 Å². The van der Waals surface area contributed by atoms with Gasteiger partial charge in [0, 0.05) is 5.39 Å².